The van der Waals surface area contributed by atoms with Gasteiger partial charge in [0.1, 0.15) is 23.6 Å². The van der Waals surface area contributed by atoms with Gasteiger partial charge in [0.25, 0.3) is 0 Å². The Hall–Kier alpha value is -3.38. The molecule has 2 aromatic heterocycles. The summed E-state index contributed by atoms with van der Waals surface area (Å²) in [6.07, 6.45) is 2.59. The summed E-state index contributed by atoms with van der Waals surface area (Å²) in [5.41, 5.74) is 6.39. The molecule has 3 aromatic rings. The third-order valence-electron chi connectivity index (χ3n) is 5.63. The number of unbranched alkanes of at least 4 members (excludes halogenated alkanes) is 1. The van der Waals surface area contributed by atoms with Crippen LogP contribution in [0.15, 0.2) is 54.9 Å². The number of rotatable bonds is 13. The number of carbonyl (C=O) groups is 1. The Morgan fingerprint density at radius 3 is 2.79 bits per heavy atom. The van der Waals surface area contributed by atoms with Crippen LogP contribution in [0.2, 0.25) is 0 Å². The van der Waals surface area contributed by atoms with Gasteiger partial charge in [0.15, 0.2) is 36.2 Å². The van der Waals surface area contributed by atoms with E-state index in [1.54, 1.807) is 37.3 Å². The van der Waals surface area contributed by atoms with Gasteiger partial charge in [-0.05, 0) is 25.0 Å². The second kappa shape index (κ2) is 12.4. The molecule has 0 aliphatic carbocycles. The summed E-state index contributed by atoms with van der Waals surface area (Å²) in [5, 5.41) is 2.78. The maximum atomic E-state index is 14.9. The zero-order valence-electron chi connectivity index (χ0n) is 21.0. The van der Waals surface area contributed by atoms with Crippen molar-refractivity contribution in [2.45, 2.75) is 51.7 Å². The highest BCUT2D eigenvalue weighted by atomic mass is 31.2. The smallest absolute Gasteiger partial charge is 0.342 e. The van der Waals surface area contributed by atoms with E-state index in [-0.39, 0.29) is 18.1 Å². The van der Waals surface area contributed by atoms with Gasteiger partial charge in [-0.15, -0.1) is 0 Å². The number of anilines is 1. The summed E-state index contributed by atoms with van der Waals surface area (Å²) >= 11 is 0. The van der Waals surface area contributed by atoms with Crippen LogP contribution in [0.1, 0.15) is 39.3 Å². The van der Waals surface area contributed by atoms with Crippen LogP contribution in [-0.2, 0) is 23.6 Å². The van der Waals surface area contributed by atoms with Crippen LogP contribution < -0.4 is 15.3 Å². The molecule has 0 amide bonds. The molecule has 1 aromatic carbocycles. The van der Waals surface area contributed by atoms with Gasteiger partial charge in [0, 0.05) is 6.08 Å². The quantitative estimate of drug-likeness (QED) is 0.180. The molecule has 1 aliphatic rings. The molecule has 0 radical (unpaired) electrons. The standard InChI is InChI=1S/C24H30FN6O6P/c1-3-5-11-34-24(32)18(4-2)30-38(33,37-16-9-7-6-8-10-16)15-35-19-12-17(25)23(36-19)31-14-29-20-21(26)27-13-28-22(20)31/h6-10,12-14,18-19,23H,3-5,11,15H2,1-2H3,(H,30,33)(H2,26,27,28)/t18?,19-,23+,38?/m0/s1. The van der Waals surface area contributed by atoms with Crippen molar-refractivity contribution >= 4 is 30.5 Å². The molecule has 204 valence electrons. The van der Waals surface area contributed by atoms with Crippen LogP contribution in [0.5, 0.6) is 5.75 Å². The average Bonchev–Trinajstić information content (AvgIpc) is 3.50. The van der Waals surface area contributed by atoms with E-state index in [9.17, 15) is 13.8 Å². The molecule has 14 heteroatoms. The molecule has 0 fully saturated rings. The first-order valence-electron chi connectivity index (χ1n) is 12.2. The number of carbonyl (C=O) groups excluding carboxylic acids is 1. The van der Waals surface area contributed by atoms with Gasteiger partial charge in [-0.1, -0.05) is 38.5 Å². The molecule has 1 aliphatic heterocycles. The van der Waals surface area contributed by atoms with E-state index in [0.29, 0.717) is 24.1 Å². The number of hydrogen-bond acceptors (Lipinski definition) is 10. The molecule has 0 saturated heterocycles. The predicted molar refractivity (Wildman–Crippen MR) is 137 cm³/mol. The number of nitrogen functional groups attached to an aromatic ring is 1. The minimum absolute atomic E-state index is 0.146. The molecule has 4 atom stereocenters. The Morgan fingerprint density at radius 2 is 2.05 bits per heavy atom. The molecular weight excluding hydrogens is 518 g/mol. The first-order chi connectivity index (χ1) is 18.3. The molecule has 0 saturated carbocycles. The van der Waals surface area contributed by atoms with Gasteiger partial charge in [0.05, 0.1) is 12.9 Å². The van der Waals surface area contributed by atoms with Crippen molar-refractivity contribution in [1.82, 2.24) is 24.6 Å². The minimum Gasteiger partial charge on any atom is -0.465 e. The summed E-state index contributed by atoms with van der Waals surface area (Å²) in [6.45, 7) is 3.99. The van der Waals surface area contributed by atoms with Crippen LogP contribution in [0.3, 0.4) is 0 Å². The summed E-state index contributed by atoms with van der Waals surface area (Å²) in [6, 6.07) is 7.54. The van der Waals surface area contributed by atoms with Crippen molar-refractivity contribution in [1.29, 1.82) is 0 Å². The van der Waals surface area contributed by atoms with Gasteiger partial charge < -0.3 is 24.5 Å². The Kier molecular flexibility index (Phi) is 9.05. The number of fused-ring (bicyclic) bond motifs is 1. The highest BCUT2D eigenvalue weighted by Crippen LogP contribution is 2.45. The van der Waals surface area contributed by atoms with Crippen molar-refractivity contribution in [3.05, 3.63) is 54.9 Å². The number of para-hydroxylation sites is 1. The van der Waals surface area contributed by atoms with Crippen LogP contribution in [0.4, 0.5) is 10.2 Å². The van der Waals surface area contributed by atoms with Gasteiger partial charge >= 0.3 is 13.5 Å². The number of nitrogens with two attached hydrogens (primary N) is 1. The fourth-order valence-electron chi connectivity index (χ4n) is 3.65. The van der Waals surface area contributed by atoms with Crippen LogP contribution >= 0.6 is 7.52 Å². The lowest BCUT2D eigenvalue weighted by molar-refractivity contribution is -0.146. The maximum absolute atomic E-state index is 14.9. The van der Waals surface area contributed by atoms with Crippen LogP contribution in [0.25, 0.3) is 11.2 Å². The Balaban J connectivity index is 1.47. The zero-order valence-corrected chi connectivity index (χ0v) is 21.9. The zero-order chi connectivity index (χ0) is 27.1. The van der Waals surface area contributed by atoms with Gasteiger partial charge in [-0.25, -0.2) is 24.4 Å². The Labute approximate surface area is 218 Å². The lowest BCUT2D eigenvalue weighted by Gasteiger charge is -2.25. The van der Waals surface area contributed by atoms with E-state index >= 15 is 0 Å². The molecule has 0 spiro atoms. The third kappa shape index (κ3) is 6.54. The molecule has 0 bridgehead atoms. The highest BCUT2D eigenvalue weighted by Gasteiger charge is 2.36. The first-order valence-corrected chi connectivity index (χ1v) is 14.0. The van der Waals surface area contributed by atoms with Crippen LogP contribution in [-0.4, -0.2) is 50.8 Å². The van der Waals surface area contributed by atoms with Crippen molar-refractivity contribution in [2.75, 3.05) is 18.7 Å². The lowest BCUT2D eigenvalue weighted by Crippen LogP contribution is -2.38. The number of halogens is 1. The van der Waals surface area contributed by atoms with Crippen LogP contribution in [0, 0.1) is 0 Å². The monoisotopic (exact) mass is 548 g/mol. The molecule has 4 rings (SSSR count). The minimum atomic E-state index is -3.87. The van der Waals surface area contributed by atoms with E-state index in [1.165, 1.54) is 17.2 Å². The van der Waals surface area contributed by atoms with Gasteiger partial charge in [0.2, 0.25) is 0 Å². The number of nitrogens with zero attached hydrogens (tertiary/aromatic N) is 4. The predicted octanol–water partition coefficient (Wildman–Crippen LogP) is 4.07. The summed E-state index contributed by atoms with van der Waals surface area (Å²) in [5.74, 6) is -0.763. The fraction of sp³-hybridized carbons (Fsp3) is 0.417. The number of ether oxygens (including phenoxy) is 3. The van der Waals surface area contributed by atoms with Gasteiger partial charge in [-0.3, -0.25) is 13.9 Å². The largest absolute Gasteiger partial charge is 0.465 e. The van der Waals surface area contributed by atoms with E-state index in [2.05, 4.69) is 20.0 Å². The second-order valence-electron chi connectivity index (χ2n) is 8.48. The summed E-state index contributed by atoms with van der Waals surface area (Å²) < 4.78 is 52.5. The molecular formula is C24H30FN6O6P. The van der Waals surface area contributed by atoms with Crippen molar-refractivity contribution in [3.8, 4) is 5.75 Å². The van der Waals surface area contributed by atoms with Gasteiger partial charge in [-0.2, -0.15) is 0 Å². The Morgan fingerprint density at radius 1 is 1.26 bits per heavy atom. The maximum Gasteiger partial charge on any atom is 0.342 e. The number of aromatic nitrogens is 4. The fourth-order valence-corrected chi connectivity index (χ4v) is 5.40. The molecule has 2 unspecified atom stereocenters. The van der Waals surface area contributed by atoms with Crippen molar-refractivity contribution < 1.29 is 32.5 Å². The number of hydrogen-bond donors (Lipinski definition) is 2. The second-order valence-corrected chi connectivity index (χ2v) is 10.5. The Bertz CT molecular complexity index is 1320. The number of imidazole rings is 1. The number of esters is 1. The number of nitrogens with one attached hydrogen (secondary N) is 1. The normalized spacial score (nSPS) is 19.6. The first kappa shape index (κ1) is 27.6. The van der Waals surface area contributed by atoms with Crippen molar-refractivity contribution in [3.63, 3.8) is 0 Å². The highest BCUT2D eigenvalue weighted by molar-refractivity contribution is 7.57. The topological polar surface area (TPSA) is 153 Å². The van der Waals surface area contributed by atoms with E-state index in [4.69, 9.17) is 24.5 Å². The molecule has 3 N–H and O–H groups in total. The summed E-state index contributed by atoms with van der Waals surface area (Å²) in [7, 11) is -3.87. The van der Waals surface area contributed by atoms with E-state index in [1.807, 2.05) is 6.92 Å². The SMILES string of the molecule is CCCCOC(=O)C(CC)NP(=O)(CO[C@@H]1C=C(F)[C@H](n2cnc3c(N)ncnc32)O1)Oc1ccccc1. The summed E-state index contributed by atoms with van der Waals surface area (Å²) in [4.78, 5) is 24.7. The van der Waals surface area contributed by atoms with Crippen molar-refractivity contribution in [2.24, 2.45) is 0 Å². The average molecular weight is 549 g/mol. The molecule has 38 heavy (non-hydrogen) atoms. The number of benzene rings is 1. The molecule has 12 nitrogen and oxygen atoms in total. The molecule has 3 heterocycles. The van der Waals surface area contributed by atoms with E-state index < -0.39 is 44.2 Å². The van der Waals surface area contributed by atoms with E-state index in [0.717, 1.165) is 12.5 Å². The third-order valence-corrected chi connectivity index (χ3v) is 7.33. The lowest BCUT2D eigenvalue weighted by atomic mass is 10.2.